The average Bonchev–Trinajstić information content (AvgIpc) is 2.85. The van der Waals surface area contributed by atoms with Gasteiger partial charge in [0.2, 0.25) is 0 Å². The lowest BCUT2D eigenvalue weighted by atomic mass is 10.2. The van der Waals surface area contributed by atoms with Crippen LogP contribution in [0.5, 0.6) is 17.2 Å². The first-order valence-corrected chi connectivity index (χ1v) is 11.6. The van der Waals surface area contributed by atoms with Crippen molar-refractivity contribution in [3.63, 3.8) is 0 Å². The number of ether oxygens (including phenoxy) is 3. The van der Waals surface area contributed by atoms with Crippen molar-refractivity contribution >= 4 is 58.5 Å². The van der Waals surface area contributed by atoms with Crippen LogP contribution in [-0.2, 0) is 9.59 Å². The molecule has 2 N–H and O–H groups in total. The molecule has 3 aromatic rings. The maximum atomic E-state index is 12.2. The molecule has 0 spiro atoms. The number of nitrogens with one attached hydrogen (secondary N) is 2. The van der Waals surface area contributed by atoms with E-state index in [0.717, 1.165) is 5.56 Å². The lowest BCUT2D eigenvalue weighted by Gasteiger charge is -2.11. The first kappa shape index (κ1) is 27.1. The van der Waals surface area contributed by atoms with Crippen molar-refractivity contribution in [2.75, 3.05) is 25.6 Å². The van der Waals surface area contributed by atoms with Crippen molar-refractivity contribution in [2.24, 2.45) is 5.10 Å². The number of hydrazone groups is 1. The number of carbonyl (C=O) groups is 2. The molecule has 2 amide bonds. The monoisotopic (exact) mass is 549 g/mol. The lowest BCUT2D eigenvalue weighted by molar-refractivity contribution is -0.123. The predicted molar refractivity (Wildman–Crippen MR) is 141 cm³/mol. The number of nitrogens with zero attached hydrogens (tertiary/aromatic N) is 1. The predicted octanol–water partition coefficient (Wildman–Crippen LogP) is 5.51. The van der Waals surface area contributed by atoms with Gasteiger partial charge in [0, 0.05) is 16.8 Å². The molecule has 0 saturated heterocycles. The van der Waals surface area contributed by atoms with Crippen LogP contribution in [-0.4, -0.2) is 38.4 Å². The second-order valence-corrected chi connectivity index (χ2v) is 8.62. The molecule has 0 fully saturated rings. The van der Waals surface area contributed by atoms with Gasteiger partial charge in [-0.15, -0.1) is 0 Å². The van der Waals surface area contributed by atoms with E-state index in [1.807, 2.05) is 31.2 Å². The van der Waals surface area contributed by atoms with Crippen LogP contribution in [0.25, 0.3) is 0 Å². The van der Waals surface area contributed by atoms with Gasteiger partial charge in [0.1, 0.15) is 10.8 Å². The Morgan fingerprint density at radius 2 is 1.58 bits per heavy atom. The Kier molecular flexibility index (Phi) is 9.81. The van der Waals surface area contributed by atoms with Gasteiger partial charge < -0.3 is 19.5 Å². The Balaban J connectivity index is 1.50. The van der Waals surface area contributed by atoms with E-state index in [-0.39, 0.29) is 34.9 Å². The summed E-state index contributed by atoms with van der Waals surface area (Å²) < 4.78 is 16.3. The summed E-state index contributed by atoms with van der Waals surface area (Å²) in [6.07, 6.45) is 1.41. The Morgan fingerprint density at radius 3 is 2.31 bits per heavy atom. The number of rotatable bonds is 10. The van der Waals surface area contributed by atoms with Gasteiger partial charge in [-0.3, -0.25) is 9.59 Å². The normalized spacial score (nSPS) is 10.7. The highest BCUT2D eigenvalue weighted by atomic mass is 35.5. The molecule has 0 atom stereocenters. The summed E-state index contributed by atoms with van der Waals surface area (Å²) in [5.74, 6) is 0.122. The Morgan fingerprint density at radius 1 is 0.889 bits per heavy atom. The van der Waals surface area contributed by atoms with Crippen LogP contribution in [0.1, 0.15) is 11.1 Å². The zero-order valence-electron chi connectivity index (χ0n) is 19.3. The minimum Gasteiger partial charge on any atom is -0.493 e. The SMILES string of the molecule is COc1cc(/C=N/NC(=O)COc2cc(Cl)cc(Cl)c2Cl)ccc1OCC(=O)Nc1ccc(C)cc1. The number of aryl methyl sites for hydroxylation is 1. The quantitative estimate of drug-likeness (QED) is 0.197. The highest BCUT2D eigenvalue weighted by molar-refractivity contribution is 6.44. The molecule has 0 unspecified atom stereocenters. The van der Waals surface area contributed by atoms with E-state index in [1.54, 1.807) is 18.2 Å². The van der Waals surface area contributed by atoms with Crippen molar-refractivity contribution < 1.29 is 23.8 Å². The van der Waals surface area contributed by atoms with Gasteiger partial charge in [-0.25, -0.2) is 5.43 Å². The third kappa shape index (κ3) is 8.05. The maximum absolute atomic E-state index is 12.2. The zero-order valence-corrected chi connectivity index (χ0v) is 21.6. The van der Waals surface area contributed by atoms with Gasteiger partial charge in [-0.1, -0.05) is 52.5 Å². The van der Waals surface area contributed by atoms with Gasteiger partial charge in [-0.05, 0) is 48.9 Å². The van der Waals surface area contributed by atoms with Crippen molar-refractivity contribution in [3.05, 3.63) is 80.8 Å². The molecule has 0 aliphatic rings. The molecule has 0 bridgehead atoms. The van der Waals surface area contributed by atoms with Crippen LogP contribution < -0.4 is 25.0 Å². The highest BCUT2D eigenvalue weighted by Gasteiger charge is 2.11. The number of halogens is 3. The van der Waals surface area contributed by atoms with E-state index >= 15 is 0 Å². The molecule has 36 heavy (non-hydrogen) atoms. The van der Waals surface area contributed by atoms with Gasteiger partial charge in [0.25, 0.3) is 11.8 Å². The average molecular weight is 551 g/mol. The lowest BCUT2D eigenvalue weighted by Crippen LogP contribution is -2.24. The molecule has 3 rings (SSSR count). The van der Waals surface area contributed by atoms with E-state index in [4.69, 9.17) is 49.0 Å². The Bertz CT molecular complexity index is 1270. The highest BCUT2D eigenvalue weighted by Crippen LogP contribution is 2.35. The summed E-state index contributed by atoms with van der Waals surface area (Å²) in [5, 5.41) is 7.34. The maximum Gasteiger partial charge on any atom is 0.277 e. The van der Waals surface area contributed by atoms with Crippen LogP contribution in [0.3, 0.4) is 0 Å². The minimum absolute atomic E-state index is 0.152. The largest absolute Gasteiger partial charge is 0.493 e. The van der Waals surface area contributed by atoms with Crippen molar-refractivity contribution in [3.8, 4) is 17.2 Å². The molecular weight excluding hydrogens is 529 g/mol. The number of hydrogen-bond donors (Lipinski definition) is 2. The van der Waals surface area contributed by atoms with Crippen LogP contribution >= 0.6 is 34.8 Å². The Hall–Kier alpha value is -3.46. The van der Waals surface area contributed by atoms with E-state index in [2.05, 4.69) is 15.8 Å². The van der Waals surface area contributed by atoms with Gasteiger partial charge >= 0.3 is 0 Å². The molecule has 0 aromatic heterocycles. The number of anilines is 1. The summed E-state index contributed by atoms with van der Waals surface area (Å²) in [5.41, 5.74) is 4.74. The standard InChI is InChI=1S/C25H22Cl3N3O5/c1-15-3-6-18(7-4-15)30-23(32)13-35-20-8-5-16(9-21(20)34-2)12-29-31-24(33)14-36-22-11-17(26)10-19(27)25(22)28/h3-12H,13-14H2,1-2H3,(H,30,32)(H,31,33)/b29-12+. The fourth-order valence-corrected chi connectivity index (χ4v) is 3.49. The summed E-state index contributed by atoms with van der Waals surface area (Å²) >= 11 is 17.9. The number of carbonyl (C=O) groups excluding carboxylic acids is 2. The number of methoxy groups -OCH3 is 1. The van der Waals surface area contributed by atoms with Crippen molar-refractivity contribution in [1.82, 2.24) is 5.43 Å². The molecule has 0 aliphatic carbocycles. The molecule has 0 radical (unpaired) electrons. The molecule has 11 heteroatoms. The first-order valence-electron chi connectivity index (χ1n) is 10.5. The van der Waals surface area contributed by atoms with Gasteiger partial charge in [-0.2, -0.15) is 5.10 Å². The summed E-state index contributed by atoms with van der Waals surface area (Å²) in [4.78, 5) is 24.2. The van der Waals surface area contributed by atoms with Crippen molar-refractivity contribution in [1.29, 1.82) is 0 Å². The topological polar surface area (TPSA) is 98.2 Å². The van der Waals surface area contributed by atoms with E-state index < -0.39 is 5.91 Å². The fourth-order valence-electron chi connectivity index (χ4n) is 2.85. The third-order valence-corrected chi connectivity index (χ3v) is 5.61. The molecule has 0 aliphatic heterocycles. The molecule has 0 heterocycles. The van der Waals surface area contributed by atoms with E-state index in [1.165, 1.54) is 25.5 Å². The molecule has 0 saturated carbocycles. The zero-order chi connectivity index (χ0) is 26.1. The molecule has 3 aromatic carbocycles. The fraction of sp³-hybridized carbons (Fsp3) is 0.160. The summed E-state index contributed by atoms with van der Waals surface area (Å²) in [7, 11) is 1.47. The molecule has 188 valence electrons. The smallest absolute Gasteiger partial charge is 0.277 e. The third-order valence-electron chi connectivity index (χ3n) is 4.60. The minimum atomic E-state index is -0.523. The first-order chi connectivity index (χ1) is 17.2. The summed E-state index contributed by atoms with van der Waals surface area (Å²) in [6.45, 7) is 1.41. The Labute approximate surface area is 223 Å². The molecule has 8 nitrogen and oxygen atoms in total. The number of hydrogen-bond acceptors (Lipinski definition) is 6. The van der Waals surface area contributed by atoms with Crippen LogP contribution in [0.4, 0.5) is 5.69 Å². The van der Waals surface area contributed by atoms with Crippen LogP contribution in [0, 0.1) is 6.92 Å². The molecular formula is C25H22Cl3N3O5. The van der Waals surface area contributed by atoms with Crippen LogP contribution in [0.2, 0.25) is 15.1 Å². The van der Waals surface area contributed by atoms with E-state index in [0.29, 0.717) is 27.8 Å². The summed E-state index contributed by atoms with van der Waals surface area (Å²) in [6, 6.07) is 15.3. The van der Waals surface area contributed by atoms with Crippen LogP contribution in [0.15, 0.2) is 59.7 Å². The second kappa shape index (κ2) is 13.0. The van der Waals surface area contributed by atoms with E-state index in [9.17, 15) is 9.59 Å². The van der Waals surface area contributed by atoms with Gasteiger partial charge in [0.15, 0.2) is 24.7 Å². The second-order valence-electron chi connectivity index (χ2n) is 7.39. The van der Waals surface area contributed by atoms with Gasteiger partial charge in [0.05, 0.1) is 18.3 Å². The number of amides is 2. The van der Waals surface area contributed by atoms with Crippen molar-refractivity contribution in [2.45, 2.75) is 6.92 Å². The number of benzene rings is 3.